The van der Waals surface area contributed by atoms with Crippen LogP contribution in [0.2, 0.25) is 0 Å². The SMILES string of the molecule is O=C1NC(Cc2cn(-c3ccc([N+](=O)[O-])cc3[N+](=O)[O-])cn2)C(=O)O1. The molecule has 0 saturated carbocycles. The van der Waals surface area contributed by atoms with Gasteiger partial charge in [0.05, 0.1) is 27.9 Å². The van der Waals surface area contributed by atoms with Crippen molar-refractivity contribution in [1.29, 1.82) is 0 Å². The minimum atomic E-state index is -0.886. The highest BCUT2D eigenvalue weighted by Gasteiger charge is 2.33. The van der Waals surface area contributed by atoms with Crippen LogP contribution in [-0.2, 0) is 16.0 Å². The number of ether oxygens (including phenoxy) is 1. The molecule has 12 nitrogen and oxygen atoms in total. The van der Waals surface area contributed by atoms with Gasteiger partial charge in [-0.05, 0) is 6.07 Å². The lowest BCUT2D eigenvalue weighted by Gasteiger charge is -2.04. The summed E-state index contributed by atoms with van der Waals surface area (Å²) in [6.07, 6.45) is 1.89. The number of imidazole rings is 1. The van der Waals surface area contributed by atoms with Gasteiger partial charge in [0.2, 0.25) is 0 Å². The van der Waals surface area contributed by atoms with Crippen molar-refractivity contribution < 1.29 is 24.2 Å². The Morgan fingerprint density at radius 3 is 2.60 bits per heavy atom. The second-order valence-electron chi connectivity index (χ2n) is 5.07. The summed E-state index contributed by atoms with van der Waals surface area (Å²) in [5.74, 6) is -0.735. The number of aromatic nitrogens is 2. The Kier molecular flexibility index (Phi) is 3.85. The van der Waals surface area contributed by atoms with Crippen molar-refractivity contribution in [1.82, 2.24) is 14.9 Å². The van der Waals surface area contributed by atoms with Gasteiger partial charge < -0.3 is 10.1 Å². The average Bonchev–Trinajstić information content (AvgIpc) is 3.13. The summed E-state index contributed by atoms with van der Waals surface area (Å²) in [7, 11) is 0. The zero-order chi connectivity index (χ0) is 18.1. The van der Waals surface area contributed by atoms with Gasteiger partial charge in [-0.1, -0.05) is 0 Å². The molecule has 128 valence electrons. The van der Waals surface area contributed by atoms with Gasteiger partial charge in [-0.2, -0.15) is 0 Å². The van der Waals surface area contributed by atoms with Crippen molar-refractivity contribution in [3.8, 4) is 5.69 Å². The molecule has 2 aromatic rings. The fraction of sp³-hybridized carbons (Fsp3) is 0.154. The maximum atomic E-state index is 11.4. The van der Waals surface area contributed by atoms with E-state index in [1.807, 2.05) is 0 Å². The van der Waals surface area contributed by atoms with E-state index in [2.05, 4.69) is 15.0 Å². The van der Waals surface area contributed by atoms with Crippen LogP contribution in [0.25, 0.3) is 5.69 Å². The molecular formula is C13H9N5O7. The van der Waals surface area contributed by atoms with Crippen LogP contribution in [0.3, 0.4) is 0 Å². The van der Waals surface area contributed by atoms with Gasteiger partial charge in [-0.15, -0.1) is 0 Å². The van der Waals surface area contributed by atoms with E-state index in [9.17, 15) is 29.8 Å². The first-order chi connectivity index (χ1) is 11.8. The predicted molar refractivity (Wildman–Crippen MR) is 79.0 cm³/mol. The number of nitrogens with one attached hydrogen (secondary N) is 1. The second kappa shape index (κ2) is 5.99. The third kappa shape index (κ3) is 3.12. The molecule has 1 atom stereocenters. The predicted octanol–water partition coefficient (Wildman–Crippen LogP) is 0.866. The zero-order valence-corrected chi connectivity index (χ0v) is 12.3. The molecule has 0 bridgehead atoms. The minimum Gasteiger partial charge on any atom is -0.375 e. The van der Waals surface area contributed by atoms with Crippen molar-refractivity contribution in [2.75, 3.05) is 0 Å². The normalized spacial score (nSPS) is 16.4. The van der Waals surface area contributed by atoms with E-state index in [1.165, 1.54) is 23.2 Å². The number of nitro benzene ring substituents is 2. The monoisotopic (exact) mass is 347 g/mol. The Balaban J connectivity index is 1.89. The number of hydrogen-bond donors (Lipinski definition) is 1. The molecule has 2 heterocycles. The fourth-order valence-electron chi connectivity index (χ4n) is 2.33. The first kappa shape index (κ1) is 16.0. The first-order valence-electron chi connectivity index (χ1n) is 6.83. The van der Waals surface area contributed by atoms with Crippen molar-refractivity contribution in [3.63, 3.8) is 0 Å². The van der Waals surface area contributed by atoms with Crippen LogP contribution >= 0.6 is 0 Å². The number of nitro groups is 2. The van der Waals surface area contributed by atoms with E-state index in [1.54, 1.807) is 0 Å². The maximum Gasteiger partial charge on any atom is 0.415 e. The van der Waals surface area contributed by atoms with E-state index in [0.29, 0.717) is 5.69 Å². The number of carbonyl (C=O) groups excluding carboxylic acids is 2. The molecule has 25 heavy (non-hydrogen) atoms. The molecule has 1 aromatic carbocycles. The smallest absolute Gasteiger partial charge is 0.375 e. The summed E-state index contributed by atoms with van der Waals surface area (Å²) < 4.78 is 5.65. The van der Waals surface area contributed by atoms with E-state index >= 15 is 0 Å². The molecule has 1 saturated heterocycles. The number of rotatable bonds is 5. The molecule has 1 amide bonds. The molecule has 12 heteroatoms. The summed E-state index contributed by atoms with van der Waals surface area (Å²) in [5, 5.41) is 24.2. The lowest BCUT2D eigenvalue weighted by molar-refractivity contribution is -0.394. The summed E-state index contributed by atoms with van der Waals surface area (Å²) in [6.45, 7) is 0. The standard InChI is InChI=1S/C13H9N5O7/c19-12-9(15-13(20)25-12)3-7-5-16(6-14-7)10-2-1-8(17(21)22)4-11(10)18(23)24/h1-2,4-6,9H,3H2,(H,15,20). The molecule has 3 rings (SSSR count). The number of carbonyl (C=O) groups is 2. The van der Waals surface area contributed by atoms with Gasteiger partial charge in [0.15, 0.2) is 0 Å². The Bertz CT molecular complexity index is 906. The molecule has 0 aliphatic carbocycles. The number of amides is 1. The van der Waals surface area contributed by atoms with E-state index in [4.69, 9.17) is 0 Å². The van der Waals surface area contributed by atoms with Crippen LogP contribution in [0.15, 0.2) is 30.7 Å². The number of benzene rings is 1. The van der Waals surface area contributed by atoms with Crippen molar-refractivity contribution >= 4 is 23.4 Å². The molecule has 1 fully saturated rings. The number of hydrogen-bond acceptors (Lipinski definition) is 8. The molecule has 1 aromatic heterocycles. The maximum absolute atomic E-state index is 11.4. The van der Waals surface area contributed by atoms with Crippen molar-refractivity contribution in [2.24, 2.45) is 0 Å². The quantitative estimate of drug-likeness (QED) is 0.361. The average molecular weight is 347 g/mol. The van der Waals surface area contributed by atoms with Gasteiger partial charge >= 0.3 is 12.1 Å². The molecule has 1 aliphatic rings. The van der Waals surface area contributed by atoms with E-state index < -0.39 is 39.3 Å². The molecule has 0 radical (unpaired) electrons. The highest BCUT2D eigenvalue weighted by molar-refractivity contribution is 5.95. The van der Waals surface area contributed by atoms with Gasteiger partial charge in [0.25, 0.3) is 11.4 Å². The summed E-state index contributed by atoms with van der Waals surface area (Å²) in [4.78, 5) is 46.9. The molecule has 1 N–H and O–H groups in total. The second-order valence-corrected chi connectivity index (χ2v) is 5.07. The van der Waals surface area contributed by atoms with Crippen LogP contribution in [0.4, 0.5) is 16.2 Å². The van der Waals surface area contributed by atoms with Crippen molar-refractivity contribution in [3.05, 3.63) is 56.6 Å². The number of cyclic esters (lactones) is 2. The topological polar surface area (TPSA) is 159 Å². The van der Waals surface area contributed by atoms with Gasteiger partial charge in [0, 0.05) is 18.7 Å². The largest absolute Gasteiger partial charge is 0.415 e. The third-order valence-electron chi connectivity index (χ3n) is 3.46. The lowest BCUT2D eigenvalue weighted by Crippen LogP contribution is -2.30. The lowest BCUT2D eigenvalue weighted by atomic mass is 10.2. The number of nitrogens with zero attached hydrogens (tertiary/aromatic N) is 4. The highest BCUT2D eigenvalue weighted by atomic mass is 16.6. The molecule has 0 spiro atoms. The van der Waals surface area contributed by atoms with Gasteiger partial charge in [0.1, 0.15) is 11.7 Å². The van der Waals surface area contributed by atoms with Crippen molar-refractivity contribution in [2.45, 2.75) is 12.5 Å². The van der Waals surface area contributed by atoms with Gasteiger partial charge in [-0.25, -0.2) is 14.6 Å². The third-order valence-corrected chi connectivity index (χ3v) is 3.46. The van der Waals surface area contributed by atoms with Crippen LogP contribution in [0, 0.1) is 20.2 Å². The first-order valence-corrected chi connectivity index (χ1v) is 6.83. The molecular weight excluding hydrogens is 338 g/mol. The molecule has 1 aliphatic heterocycles. The zero-order valence-electron chi connectivity index (χ0n) is 12.3. The number of esters is 1. The van der Waals surface area contributed by atoms with E-state index in [-0.39, 0.29) is 12.1 Å². The van der Waals surface area contributed by atoms with Crippen LogP contribution in [0.1, 0.15) is 5.69 Å². The fourth-order valence-corrected chi connectivity index (χ4v) is 2.33. The van der Waals surface area contributed by atoms with Gasteiger partial charge in [-0.3, -0.25) is 24.8 Å². The summed E-state index contributed by atoms with van der Waals surface area (Å²) in [5.41, 5.74) is -0.428. The summed E-state index contributed by atoms with van der Waals surface area (Å²) in [6, 6.07) is 2.33. The number of alkyl carbamates (subject to hydrolysis) is 1. The van der Waals surface area contributed by atoms with E-state index in [0.717, 1.165) is 12.1 Å². The Hall–Kier alpha value is -3.83. The highest BCUT2D eigenvalue weighted by Crippen LogP contribution is 2.28. The van der Waals surface area contributed by atoms with Crippen LogP contribution < -0.4 is 5.32 Å². The Morgan fingerprint density at radius 1 is 1.24 bits per heavy atom. The van der Waals surface area contributed by atoms with Crippen LogP contribution in [0.5, 0.6) is 0 Å². The molecule has 1 unspecified atom stereocenters. The Labute approximate surface area is 138 Å². The minimum absolute atomic E-state index is 0.0400. The summed E-state index contributed by atoms with van der Waals surface area (Å²) >= 11 is 0. The number of non-ortho nitro benzene ring substituents is 1. The Morgan fingerprint density at radius 2 is 2.00 bits per heavy atom. The van der Waals surface area contributed by atoms with Crippen LogP contribution in [-0.4, -0.2) is 37.5 Å².